The van der Waals surface area contributed by atoms with Crippen LogP contribution in [0.2, 0.25) is 13.6 Å². The maximum absolute atomic E-state index is 2.36. The fraction of sp³-hybridized carbons (Fsp3) is 0.100. The highest BCUT2D eigenvalue weighted by atomic mass is 15.0. The van der Waals surface area contributed by atoms with Crippen LogP contribution in [0.15, 0.2) is 72.8 Å². The average molecular weight is 283 g/mol. The molecule has 22 heavy (non-hydrogen) atoms. The first-order chi connectivity index (χ1) is 10.8. The van der Waals surface area contributed by atoms with E-state index in [4.69, 9.17) is 0 Å². The Balaban J connectivity index is 2.14. The molecule has 1 aromatic heterocycles. The third kappa shape index (κ3) is 1.95. The van der Waals surface area contributed by atoms with E-state index in [1.165, 1.54) is 33.0 Å². The SMILES string of the molecule is CB(C)c1ccc2c(c1)c1ccccc1n2-c1ccccc1. The summed E-state index contributed by atoms with van der Waals surface area (Å²) in [6.07, 6.45) is 0. The van der Waals surface area contributed by atoms with Crippen molar-refractivity contribution in [3.8, 4) is 5.69 Å². The van der Waals surface area contributed by atoms with E-state index in [2.05, 4.69) is 91.0 Å². The number of fused-ring (bicyclic) bond motifs is 3. The maximum atomic E-state index is 2.36. The van der Waals surface area contributed by atoms with Gasteiger partial charge in [0.25, 0.3) is 0 Å². The molecule has 0 fully saturated rings. The number of hydrogen-bond acceptors (Lipinski definition) is 0. The van der Waals surface area contributed by atoms with Gasteiger partial charge in [0.15, 0.2) is 6.71 Å². The summed E-state index contributed by atoms with van der Waals surface area (Å²) < 4.78 is 2.36. The lowest BCUT2D eigenvalue weighted by atomic mass is 9.49. The Kier molecular flexibility index (Phi) is 3.04. The quantitative estimate of drug-likeness (QED) is 0.468. The molecule has 1 nitrogen and oxygen atoms in total. The molecule has 0 bridgehead atoms. The molecule has 0 spiro atoms. The van der Waals surface area contributed by atoms with Crippen molar-refractivity contribution in [2.24, 2.45) is 0 Å². The van der Waals surface area contributed by atoms with Gasteiger partial charge in [-0.05, 0) is 24.3 Å². The van der Waals surface area contributed by atoms with Crippen LogP contribution in [0.25, 0.3) is 27.5 Å². The van der Waals surface area contributed by atoms with Gasteiger partial charge in [0.2, 0.25) is 0 Å². The summed E-state index contributed by atoms with van der Waals surface area (Å²) in [5.41, 5.74) is 5.15. The van der Waals surface area contributed by atoms with Gasteiger partial charge in [0, 0.05) is 16.5 Å². The molecule has 106 valence electrons. The van der Waals surface area contributed by atoms with Gasteiger partial charge in [-0.2, -0.15) is 0 Å². The Morgan fingerprint density at radius 1 is 0.682 bits per heavy atom. The van der Waals surface area contributed by atoms with E-state index in [9.17, 15) is 0 Å². The summed E-state index contributed by atoms with van der Waals surface area (Å²) in [6.45, 7) is 5.04. The van der Waals surface area contributed by atoms with Crippen LogP contribution < -0.4 is 5.46 Å². The summed E-state index contributed by atoms with van der Waals surface area (Å²) >= 11 is 0. The number of rotatable bonds is 2. The van der Waals surface area contributed by atoms with Crippen LogP contribution in [0.4, 0.5) is 0 Å². The molecule has 0 aliphatic heterocycles. The third-order valence-electron chi connectivity index (χ3n) is 4.38. The number of para-hydroxylation sites is 2. The van der Waals surface area contributed by atoms with Gasteiger partial charge in [-0.15, -0.1) is 0 Å². The minimum absolute atomic E-state index is 0.545. The first-order valence-electron chi connectivity index (χ1n) is 7.84. The predicted octanol–water partition coefficient (Wildman–Crippen LogP) is 4.75. The standard InChI is InChI=1S/C20H18BN/c1-21(2)15-12-13-20-18(14-15)17-10-6-7-11-19(17)22(20)16-8-4-3-5-9-16/h3-14H,1-2H3. The monoisotopic (exact) mass is 283 g/mol. The van der Waals surface area contributed by atoms with E-state index >= 15 is 0 Å². The minimum atomic E-state index is 0.545. The Labute approximate surface area is 131 Å². The summed E-state index contributed by atoms with van der Waals surface area (Å²) in [6, 6.07) is 26.1. The van der Waals surface area contributed by atoms with Gasteiger partial charge in [-0.3, -0.25) is 0 Å². The summed E-state index contributed by atoms with van der Waals surface area (Å²) in [5, 5.41) is 2.66. The molecule has 0 aliphatic rings. The first-order valence-corrected chi connectivity index (χ1v) is 7.84. The van der Waals surface area contributed by atoms with E-state index in [1.54, 1.807) is 0 Å². The van der Waals surface area contributed by atoms with Crippen LogP contribution in [0.1, 0.15) is 0 Å². The highest BCUT2D eigenvalue weighted by Crippen LogP contribution is 2.31. The van der Waals surface area contributed by atoms with Crippen molar-refractivity contribution < 1.29 is 0 Å². The smallest absolute Gasteiger partial charge is 0.169 e. The number of aromatic nitrogens is 1. The predicted molar refractivity (Wildman–Crippen MR) is 97.9 cm³/mol. The molecular formula is C20H18BN. The molecule has 1 heterocycles. The second-order valence-corrected chi connectivity index (χ2v) is 6.12. The summed E-state index contributed by atoms with van der Waals surface area (Å²) in [4.78, 5) is 0. The van der Waals surface area contributed by atoms with E-state index in [-0.39, 0.29) is 0 Å². The van der Waals surface area contributed by atoms with Gasteiger partial charge < -0.3 is 4.57 Å². The van der Waals surface area contributed by atoms with Gasteiger partial charge in [-0.25, -0.2) is 0 Å². The fourth-order valence-corrected chi connectivity index (χ4v) is 3.20. The Bertz CT molecular complexity index is 951. The molecule has 0 N–H and O–H groups in total. The van der Waals surface area contributed by atoms with Crippen molar-refractivity contribution in [1.82, 2.24) is 4.57 Å². The first kappa shape index (κ1) is 13.2. The molecule has 0 aliphatic carbocycles. The molecular weight excluding hydrogens is 265 g/mol. The zero-order valence-corrected chi connectivity index (χ0v) is 13.0. The average Bonchev–Trinajstić information content (AvgIpc) is 2.89. The van der Waals surface area contributed by atoms with E-state index in [0.717, 1.165) is 0 Å². The topological polar surface area (TPSA) is 4.93 Å². The minimum Gasteiger partial charge on any atom is -0.309 e. The van der Waals surface area contributed by atoms with Crippen molar-refractivity contribution >= 4 is 34.0 Å². The van der Waals surface area contributed by atoms with Crippen LogP contribution >= 0.6 is 0 Å². The number of hydrogen-bond donors (Lipinski definition) is 0. The van der Waals surface area contributed by atoms with Crippen molar-refractivity contribution in [1.29, 1.82) is 0 Å². The lowest BCUT2D eigenvalue weighted by molar-refractivity contribution is 1.18. The van der Waals surface area contributed by atoms with Crippen LogP contribution in [0.3, 0.4) is 0 Å². The van der Waals surface area contributed by atoms with Crippen LogP contribution in [-0.4, -0.2) is 11.3 Å². The summed E-state index contributed by atoms with van der Waals surface area (Å²) in [5.74, 6) is 0. The zero-order chi connectivity index (χ0) is 15.1. The van der Waals surface area contributed by atoms with E-state index in [0.29, 0.717) is 6.71 Å². The van der Waals surface area contributed by atoms with Crippen molar-refractivity contribution in [2.45, 2.75) is 13.6 Å². The number of nitrogens with zero attached hydrogens (tertiary/aromatic N) is 1. The fourth-order valence-electron chi connectivity index (χ4n) is 3.20. The lowest BCUT2D eigenvalue weighted by Crippen LogP contribution is -2.21. The highest BCUT2D eigenvalue weighted by Gasteiger charge is 2.13. The molecule has 0 unspecified atom stereocenters. The second kappa shape index (κ2) is 5.06. The van der Waals surface area contributed by atoms with Gasteiger partial charge >= 0.3 is 0 Å². The van der Waals surface area contributed by atoms with Crippen LogP contribution in [0, 0.1) is 0 Å². The van der Waals surface area contributed by atoms with Gasteiger partial charge in [0.1, 0.15) is 0 Å². The molecule has 2 heteroatoms. The van der Waals surface area contributed by atoms with E-state index < -0.39 is 0 Å². The molecule has 0 radical (unpaired) electrons. The van der Waals surface area contributed by atoms with Crippen LogP contribution in [0.5, 0.6) is 0 Å². The largest absolute Gasteiger partial charge is 0.309 e. The van der Waals surface area contributed by atoms with Gasteiger partial charge in [0.05, 0.1) is 11.0 Å². The second-order valence-electron chi connectivity index (χ2n) is 6.12. The Morgan fingerprint density at radius 2 is 1.36 bits per heavy atom. The maximum Gasteiger partial charge on any atom is 0.169 e. The summed E-state index contributed by atoms with van der Waals surface area (Å²) in [7, 11) is 0. The Hall–Kier alpha value is -2.48. The van der Waals surface area contributed by atoms with Gasteiger partial charge in [-0.1, -0.05) is 67.6 Å². The van der Waals surface area contributed by atoms with Crippen LogP contribution in [-0.2, 0) is 0 Å². The van der Waals surface area contributed by atoms with E-state index in [1.807, 2.05) is 0 Å². The number of benzene rings is 3. The molecule has 4 rings (SSSR count). The normalized spacial score (nSPS) is 11.2. The molecule has 0 saturated heterocycles. The Morgan fingerprint density at radius 3 is 2.14 bits per heavy atom. The molecule has 0 saturated carbocycles. The third-order valence-corrected chi connectivity index (χ3v) is 4.38. The van der Waals surface area contributed by atoms with Crippen molar-refractivity contribution in [3.63, 3.8) is 0 Å². The van der Waals surface area contributed by atoms with Crippen molar-refractivity contribution in [2.75, 3.05) is 0 Å². The van der Waals surface area contributed by atoms with Crippen molar-refractivity contribution in [3.05, 3.63) is 72.8 Å². The zero-order valence-electron chi connectivity index (χ0n) is 13.0. The highest BCUT2D eigenvalue weighted by molar-refractivity contribution is 6.71. The molecule has 0 atom stereocenters. The molecule has 0 amide bonds. The molecule has 3 aromatic carbocycles. The molecule has 4 aromatic rings. The lowest BCUT2D eigenvalue weighted by Gasteiger charge is -2.08.